The molecular weight excluding hydrogens is 248 g/mol. The van der Waals surface area contributed by atoms with Gasteiger partial charge in [0.1, 0.15) is 18.1 Å². The summed E-state index contributed by atoms with van der Waals surface area (Å²) >= 11 is 5.82. The molecule has 2 aromatic carbocycles. The SMILES string of the molecule is COc1cc(COc2cc[c]cc2)ccc1CCl. The minimum atomic E-state index is 0.443. The van der Waals surface area contributed by atoms with Crippen LogP contribution in [0.2, 0.25) is 0 Å². The molecule has 3 heteroatoms. The highest BCUT2D eigenvalue weighted by Gasteiger charge is 2.04. The fraction of sp³-hybridized carbons (Fsp3) is 0.200. The summed E-state index contributed by atoms with van der Waals surface area (Å²) in [6.45, 7) is 0.503. The zero-order valence-corrected chi connectivity index (χ0v) is 10.9. The van der Waals surface area contributed by atoms with Crippen LogP contribution in [0.4, 0.5) is 0 Å². The summed E-state index contributed by atoms with van der Waals surface area (Å²) in [5, 5.41) is 0. The van der Waals surface area contributed by atoms with Crippen molar-refractivity contribution in [2.75, 3.05) is 7.11 Å². The second kappa shape index (κ2) is 6.31. The van der Waals surface area contributed by atoms with Gasteiger partial charge in [-0.3, -0.25) is 0 Å². The lowest BCUT2D eigenvalue weighted by Gasteiger charge is -2.10. The van der Waals surface area contributed by atoms with Crippen LogP contribution in [-0.2, 0) is 12.5 Å². The van der Waals surface area contributed by atoms with Gasteiger partial charge >= 0.3 is 0 Å². The van der Waals surface area contributed by atoms with Crippen molar-refractivity contribution < 1.29 is 9.47 Å². The van der Waals surface area contributed by atoms with Crippen LogP contribution in [0.15, 0.2) is 42.5 Å². The van der Waals surface area contributed by atoms with Crippen LogP contribution < -0.4 is 9.47 Å². The molecule has 0 aliphatic carbocycles. The Kier molecular flexibility index (Phi) is 4.48. The Morgan fingerprint density at radius 2 is 1.94 bits per heavy atom. The monoisotopic (exact) mass is 261 g/mol. The van der Waals surface area contributed by atoms with E-state index >= 15 is 0 Å². The van der Waals surface area contributed by atoms with E-state index in [0.717, 1.165) is 22.6 Å². The third kappa shape index (κ3) is 3.17. The summed E-state index contributed by atoms with van der Waals surface area (Å²) in [6, 6.07) is 16.3. The fourth-order valence-electron chi connectivity index (χ4n) is 1.62. The number of methoxy groups -OCH3 is 1. The normalized spacial score (nSPS) is 10.1. The number of ether oxygens (including phenoxy) is 2. The first kappa shape index (κ1) is 12.8. The highest BCUT2D eigenvalue weighted by molar-refractivity contribution is 6.17. The van der Waals surface area contributed by atoms with Gasteiger partial charge in [0.2, 0.25) is 0 Å². The zero-order chi connectivity index (χ0) is 12.8. The minimum Gasteiger partial charge on any atom is -0.496 e. The molecule has 0 saturated carbocycles. The van der Waals surface area contributed by atoms with Crippen molar-refractivity contribution in [3.8, 4) is 11.5 Å². The Bertz CT molecular complexity index is 497. The van der Waals surface area contributed by atoms with Crippen molar-refractivity contribution >= 4 is 11.6 Å². The second-order valence-corrected chi connectivity index (χ2v) is 4.07. The van der Waals surface area contributed by atoms with Gasteiger partial charge in [-0.05, 0) is 29.8 Å². The molecule has 0 bridgehead atoms. The van der Waals surface area contributed by atoms with Crippen LogP contribution in [0.1, 0.15) is 11.1 Å². The standard InChI is InChI=1S/C15H14ClO2/c1-17-15-9-12(7-8-13(15)10-16)11-18-14-5-3-2-4-6-14/h3-9H,10-11H2,1H3. The van der Waals surface area contributed by atoms with Gasteiger partial charge in [0.15, 0.2) is 0 Å². The maximum atomic E-state index is 5.82. The van der Waals surface area contributed by atoms with E-state index in [-0.39, 0.29) is 0 Å². The van der Waals surface area contributed by atoms with Crippen LogP contribution in [0.5, 0.6) is 11.5 Å². The molecule has 0 fully saturated rings. The van der Waals surface area contributed by atoms with Gasteiger partial charge in [0.25, 0.3) is 0 Å². The Balaban J connectivity index is 2.06. The van der Waals surface area contributed by atoms with Crippen LogP contribution in [0, 0.1) is 6.07 Å². The summed E-state index contributed by atoms with van der Waals surface area (Å²) in [4.78, 5) is 0. The number of alkyl halides is 1. The molecule has 0 N–H and O–H groups in total. The van der Waals surface area contributed by atoms with E-state index in [1.165, 1.54) is 0 Å². The highest BCUT2D eigenvalue weighted by atomic mass is 35.5. The molecule has 2 aromatic rings. The minimum absolute atomic E-state index is 0.443. The lowest BCUT2D eigenvalue weighted by atomic mass is 10.1. The molecule has 0 unspecified atom stereocenters. The number of benzene rings is 2. The van der Waals surface area contributed by atoms with Gasteiger partial charge in [0, 0.05) is 5.56 Å². The van der Waals surface area contributed by atoms with E-state index in [2.05, 4.69) is 6.07 Å². The molecule has 0 saturated heterocycles. The van der Waals surface area contributed by atoms with Crippen molar-refractivity contribution in [2.45, 2.75) is 12.5 Å². The fourth-order valence-corrected chi connectivity index (χ4v) is 1.84. The average molecular weight is 262 g/mol. The Morgan fingerprint density at radius 3 is 2.61 bits per heavy atom. The smallest absolute Gasteiger partial charge is 0.123 e. The molecular formula is C15H14ClO2. The van der Waals surface area contributed by atoms with Crippen molar-refractivity contribution in [3.63, 3.8) is 0 Å². The van der Waals surface area contributed by atoms with Crippen molar-refractivity contribution in [1.82, 2.24) is 0 Å². The summed E-state index contributed by atoms with van der Waals surface area (Å²) in [7, 11) is 1.64. The largest absolute Gasteiger partial charge is 0.496 e. The number of rotatable bonds is 5. The van der Waals surface area contributed by atoms with Crippen LogP contribution in [0.3, 0.4) is 0 Å². The maximum absolute atomic E-state index is 5.82. The molecule has 0 aliphatic heterocycles. The third-order valence-electron chi connectivity index (χ3n) is 2.59. The third-order valence-corrected chi connectivity index (χ3v) is 2.88. The molecule has 0 heterocycles. The first-order valence-electron chi connectivity index (χ1n) is 5.64. The van der Waals surface area contributed by atoms with Crippen LogP contribution >= 0.6 is 11.6 Å². The van der Waals surface area contributed by atoms with Gasteiger partial charge < -0.3 is 9.47 Å². The molecule has 0 spiro atoms. The van der Waals surface area contributed by atoms with E-state index < -0.39 is 0 Å². The average Bonchev–Trinajstić information content (AvgIpc) is 2.45. The van der Waals surface area contributed by atoms with E-state index in [9.17, 15) is 0 Å². The quantitative estimate of drug-likeness (QED) is 0.762. The van der Waals surface area contributed by atoms with Crippen molar-refractivity contribution in [3.05, 3.63) is 59.7 Å². The Morgan fingerprint density at radius 1 is 1.17 bits per heavy atom. The van der Waals surface area contributed by atoms with Gasteiger partial charge in [0.05, 0.1) is 13.0 Å². The topological polar surface area (TPSA) is 18.5 Å². The predicted octanol–water partition coefficient (Wildman–Crippen LogP) is 3.81. The summed E-state index contributed by atoms with van der Waals surface area (Å²) in [5.74, 6) is 2.07. The van der Waals surface area contributed by atoms with Gasteiger partial charge in [-0.15, -0.1) is 11.6 Å². The van der Waals surface area contributed by atoms with Gasteiger partial charge in [-0.25, -0.2) is 0 Å². The molecule has 0 aromatic heterocycles. The van der Waals surface area contributed by atoms with Crippen molar-refractivity contribution in [1.29, 1.82) is 0 Å². The molecule has 1 radical (unpaired) electrons. The molecule has 2 nitrogen and oxygen atoms in total. The van der Waals surface area contributed by atoms with E-state index in [1.807, 2.05) is 42.5 Å². The summed E-state index contributed by atoms with van der Waals surface area (Å²) in [5.41, 5.74) is 2.03. The first-order valence-corrected chi connectivity index (χ1v) is 6.17. The van der Waals surface area contributed by atoms with Gasteiger partial charge in [-0.1, -0.05) is 24.3 Å². The Hall–Kier alpha value is -1.67. The molecule has 0 atom stereocenters. The molecule has 18 heavy (non-hydrogen) atoms. The van der Waals surface area contributed by atoms with Crippen LogP contribution in [0.25, 0.3) is 0 Å². The second-order valence-electron chi connectivity index (χ2n) is 3.80. The zero-order valence-electron chi connectivity index (χ0n) is 10.2. The summed E-state index contributed by atoms with van der Waals surface area (Å²) < 4.78 is 10.9. The molecule has 0 aliphatic rings. The highest BCUT2D eigenvalue weighted by Crippen LogP contribution is 2.22. The Labute approximate surface area is 112 Å². The molecule has 2 rings (SSSR count). The lowest BCUT2D eigenvalue weighted by molar-refractivity contribution is 0.305. The predicted molar refractivity (Wildman–Crippen MR) is 72.2 cm³/mol. The van der Waals surface area contributed by atoms with E-state index in [4.69, 9.17) is 21.1 Å². The first-order chi connectivity index (χ1) is 8.83. The molecule has 93 valence electrons. The molecule has 0 amide bonds. The lowest BCUT2D eigenvalue weighted by Crippen LogP contribution is -1.97. The van der Waals surface area contributed by atoms with E-state index in [1.54, 1.807) is 7.11 Å². The van der Waals surface area contributed by atoms with Crippen LogP contribution in [-0.4, -0.2) is 7.11 Å². The number of hydrogen-bond acceptors (Lipinski definition) is 2. The number of hydrogen-bond donors (Lipinski definition) is 0. The van der Waals surface area contributed by atoms with E-state index in [0.29, 0.717) is 12.5 Å². The number of halogens is 1. The summed E-state index contributed by atoms with van der Waals surface area (Å²) in [6.07, 6.45) is 0. The maximum Gasteiger partial charge on any atom is 0.123 e. The van der Waals surface area contributed by atoms with Crippen molar-refractivity contribution in [2.24, 2.45) is 0 Å². The van der Waals surface area contributed by atoms with Gasteiger partial charge in [-0.2, -0.15) is 0 Å².